The van der Waals surface area contributed by atoms with Gasteiger partial charge >= 0.3 is 0 Å². The minimum Gasteiger partial charge on any atom is -0.0958 e. The third-order valence-electron chi connectivity index (χ3n) is 9.22. The second-order valence-corrected chi connectivity index (χ2v) is 19.3. The Morgan fingerprint density at radius 2 is 0.806 bits per heavy atom. The van der Waals surface area contributed by atoms with Crippen LogP contribution in [0.1, 0.15) is 135 Å². The van der Waals surface area contributed by atoms with E-state index in [1.807, 2.05) is 0 Å². The van der Waals surface area contributed by atoms with E-state index in [-0.39, 0.29) is 15.8 Å². The molecule has 4 aliphatic carbocycles. The minimum absolute atomic E-state index is 0.0684. The predicted octanol–water partition coefficient (Wildman–Crippen LogP) is 10.8. The zero-order valence-corrected chi connectivity index (χ0v) is 23.5. The molecule has 1 atom stereocenters. The van der Waals surface area contributed by atoms with Crippen LogP contribution in [0.25, 0.3) is 0 Å². The van der Waals surface area contributed by atoms with Gasteiger partial charge in [0.1, 0.15) is 4.07 Å². The van der Waals surface area contributed by atoms with Gasteiger partial charge in [0.25, 0.3) is 0 Å². The molecule has 0 aromatic rings. The molecule has 0 amide bonds. The summed E-state index contributed by atoms with van der Waals surface area (Å²) < 4.78 is -0.444. The predicted molar refractivity (Wildman–Crippen MR) is 145 cm³/mol. The quantitative estimate of drug-likeness (QED) is 0.238. The van der Waals surface area contributed by atoms with Gasteiger partial charge in [0.2, 0.25) is 0 Å². The summed E-state index contributed by atoms with van der Waals surface area (Å²) in [6.45, 7) is 2.55. The van der Waals surface area contributed by atoms with E-state index >= 15 is 0 Å². The van der Waals surface area contributed by atoms with E-state index in [0.717, 1.165) is 22.6 Å². The van der Waals surface area contributed by atoms with Gasteiger partial charge in [0.15, 0.2) is 0 Å². The van der Waals surface area contributed by atoms with E-state index in [2.05, 4.69) is 6.92 Å². The van der Waals surface area contributed by atoms with Crippen molar-refractivity contribution in [2.75, 3.05) is 0 Å². The van der Waals surface area contributed by atoms with Gasteiger partial charge in [-0.25, -0.2) is 0 Å². The lowest BCUT2D eigenvalue weighted by molar-refractivity contribution is 0.476. The van der Waals surface area contributed by atoms with Gasteiger partial charge in [-0.3, -0.25) is 0 Å². The maximum Gasteiger partial charge on any atom is 0.143 e. The van der Waals surface area contributed by atoms with Gasteiger partial charge in [-0.1, -0.05) is 123 Å². The molecule has 0 radical (unpaired) electrons. The molecule has 0 heterocycles. The molecule has 0 aromatic carbocycles. The highest BCUT2D eigenvalue weighted by Crippen LogP contribution is 2.74. The van der Waals surface area contributed by atoms with Crippen molar-refractivity contribution in [2.45, 2.75) is 168 Å². The first-order valence-corrected chi connectivity index (χ1v) is 17.8. The molecule has 0 aromatic heterocycles. The molecule has 0 spiro atoms. The largest absolute Gasteiger partial charge is 0.143 e. The molecule has 0 bridgehead atoms. The van der Waals surface area contributed by atoms with Crippen molar-refractivity contribution >= 4 is 39.0 Å². The lowest BCUT2D eigenvalue weighted by Gasteiger charge is -2.51. The van der Waals surface area contributed by atoms with Crippen LogP contribution in [0.5, 0.6) is 0 Å². The maximum atomic E-state index is 7.76. The highest BCUT2D eigenvalue weighted by Gasteiger charge is 2.51. The second kappa shape index (κ2) is 12.4. The van der Waals surface area contributed by atoms with E-state index in [9.17, 15) is 0 Å². The van der Waals surface area contributed by atoms with Crippen LogP contribution in [-0.4, -0.2) is 32.4 Å². The van der Waals surface area contributed by atoms with Crippen LogP contribution in [0.4, 0.5) is 0 Å². The minimum atomic E-state index is -0.444. The van der Waals surface area contributed by atoms with Crippen LogP contribution in [0.15, 0.2) is 0 Å². The van der Waals surface area contributed by atoms with Crippen LogP contribution in [-0.2, 0) is 0 Å². The third kappa shape index (κ3) is 6.36. The van der Waals surface area contributed by atoms with Crippen molar-refractivity contribution in [1.29, 1.82) is 0 Å². The van der Waals surface area contributed by atoms with Crippen molar-refractivity contribution in [3.8, 4) is 0 Å². The second-order valence-electron chi connectivity index (χ2n) is 11.3. The van der Waals surface area contributed by atoms with Crippen molar-refractivity contribution < 1.29 is 0 Å². The fourth-order valence-corrected chi connectivity index (χ4v) is 18.7. The summed E-state index contributed by atoms with van der Waals surface area (Å²) in [6.07, 6.45) is 28.9. The highest BCUT2D eigenvalue weighted by molar-refractivity contribution is 7.68. The van der Waals surface area contributed by atoms with Crippen LogP contribution < -0.4 is 0 Å². The number of hydrogen-bond acceptors (Lipinski definition) is 0. The summed E-state index contributed by atoms with van der Waals surface area (Å²) in [4.78, 5) is 0. The van der Waals surface area contributed by atoms with E-state index in [1.165, 1.54) is 128 Å². The van der Waals surface area contributed by atoms with Crippen molar-refractivity contribution in [2.24, 2.45) is 0 Å². The van der Waals surface area contributed by atoms with Gasteiger partial charge in [0, 0.05) is 5.66 Å². The molecule has 4 heteroatoms. The van der Waals surface area contributed by atoms with Gasteiger partial charge in [0.05, 0.1) is 0 Å². The van der Waals surface area contributed by atoms with Crippen molar-refractivity contribution in [1.82, 2.24) is 0 Å². The molecule has 0 aliphatic heterocycles. The average molecular weight is 506 g/mol. The molecule has 0 N–H and O–H groups in total. The standard InChI is InChI=1S/C27H48Cl2P2/c1-22(30(23-14-6-2-7-15-23)24-16-8-3-9-17-24)27(28,29)31(25-18-10-4-11-19-25)26-20-12-5-13-21-26/h22-26H,2-21H2,1H3. The Labute approximate surface area is 206 Å². The Morgan fingerprint density at radius 3 is 1.13 bits per heavy atom. The van der Waals surface area contributed by atoms with E-state index in [1.54, 1.807) is 0 Å². The lowest BCUT2D eigenvalue weighted by atomic mass is 9.99. The molecule has 4 fully saturated rings. The maximum absolute atomic E-state index is 7.76. The molecule has 4 rings (SSSR count). The van der Waals surface area contributed by atoms with Crippen LogP contribution >= 0.6 is 39.0 Å². The number of alkyl halides is 2. The normalized spacial score (nSPS) is 27.8. The fourth-order valence-electron chi connectivity index (χ4n) is 7.59. The monoisotopic (exact) mass is 504 g/mol. The fraction of sp³-hybridized carbons (Fsp3) is 1.00. The Morgan fingerprint density at radius 1 is 0.516 bits per heavy atom. The van der Waals surface area contributed by atoms with Gasteiger partial charge in [-0.05, 0) is 74.0 Å². The van der Waals surface area contributed by atoms with Gasteiger partial charge in [-0.2, -0.15) is 0 Å². The average Bonchev–Trinajstić information content (AvgIpc) is 2.82. The summed E-state index contributed by atoms with van der Waals surface area (Å²) in [5.41, 5.74) is 4.13. The van der Waals surface area contributed by atoms with Crippen LogP contribution in [0.3, 0.4) is 0 Å². The zero-order valence-electron chi connectivity index (χ0n) is 20.2. The topological polar surface area (TPSA) is 0 Å². The van der Waals surface area contributed by atoms with Crippen molar-refractivity contribution in [3.05, 3.63) is 0 Å². The number of rotatable bonds is 7. The first-order valence-electron chi connectivity index (χ1n) is 14.0. The highest BCUT2D eigenvalue weighted by atomic mass is 35.5. The third-order valence-corrected chi connectivity index (χ3v) is 19.2. The van der Waals surface area contributed by atoms with Crippen LogP contribution in [0.2, 0.25) is 0 Å². The molecule has 4 saturated carbocycles. The lowest BCUT2D eigenvalue weighted by Crippen LogP contribution is -2.39. The first-order chi connectivity index (χ1) is 15.1. The summed E-state index contributed by atoms with van der Waals surface area (Å²) in [7, 11) is -0.376. The molecular weight excluding hydrogens is 457 g/mol. The van der Waals surface area contributed by atoms with E-state index < -0.39 is 4.07 Å². The molecular formula is C27H48Cl2P2. The van der Waals surface area contributed by atoms with E-state index in [4.69, 9.17) is 23.2 Å². The molecule has 0 saturated heterocycles. The Balaban J connectivity index is 1.60. The zero-order chi connectivity index (χ0) is 21.7. The number of hydrogen-bond donors (Lipinski definition) is 0. The number of halogens is 2. The Hall–Kier alpha value is 1.44. The SMILES string of the molecule is CC(P(C1CCCCC1)C1CCCCC1)C(Cl)(Cl)P(C1CCCCC1)C1CCCCC1. The molecule has 180 valence electrons. The summed E-state index contributed by atoms with van der Waals surface area (Å²) in [5.74, 6) is 0. The van der Waals surface area contributed by atoms with Crippen LogP contribution in [0, 0.1) is 0 Å². The summed E-state index contributed by atoms with van der Waals surface area (Å²) >= 11 is 15.5. The molecule has 1 unspecified atom stereocenters. The smallest absolute Gasteiger partial charge is 0.0958 e. The summed E-state index contributed by atoms with van der Waals surface area (Å²) in [6, 6.07) is 0. The molecule has 0 nitrogen and oxygen atoms in total. The first kappa shape index (κ1) is 25.5. The molecule has 4 aliphatic rings. The van der Waals surface area contributed by atoms with E-state index in [0.29, 0.717) is 5.66 Å². The van der Waals surface area contributed by atoms with Crippen molar-refractivity contribution in [3.63, 3.8) is 0 Å². The Kier molecular flexibility index (Phi) is 10.2. The summed E-state index contributed by atoms with van der Waals surface area (Å²) in [5, 5.41) is 0. The van der Waals surface area contributed by atoms with Gasteiger partial charge in [-0.15, -0.1) is 0 Å². The molecule has 31 heavy (non-hydrogen) atoms. The Bertz CT molecular complexity index is 479. The van der Waals surface area contributed by atoms with Gasteiger partial charge < -0.3 is 0 Å².